The average molecular weight is 181 g/mol. The van der Waals surface area contributed by atoms with Gasteiger partial charge in [-0.1, -0.05) is 19.3 Å². The van der Waals surface area contributed by atoms with Crippen molar-refractivity contribution in [2.45, 2.75) is 57.4 Å². The minimum atomic E-state index is 0.421. The van der Waals surface area contributed by atoms with Crippen molar-refractivity contribution in [3.63, 3.8) is 0 Å². The van der Waals surface area contributed by atoms with E-state index in [1.54, 1.807) is 0 Å². The molecule has 0 aromatic heterocycles. The zero-order valence-corrected chi connectivity index (χ0v) is 8.30. The van der Waals surface area contributed by atoms with Crippen LogP contribution in [0.1, 0.15) is 51.4 Å². The molecule has 0 N–H and O–H groups in total. The minimum absolute atomic E-state index is 0.421. The third-order valence-corrected chi connectivity index (χ3v) is 3.38. The number of fused-ring (bicyclic) bond motifs is 1. The van der Waals surface area contributed by atoms with Gasteiger partial charge in [0.15, 0.2) is 0 Å². The van der Waals surface area contributed by atoms with E-state index in [1.165, 1.54) is 38.5 Å². The number of hydrogen-bond acceptors (Lipinski definition) is 1. The fourth-order valence-corrected chi connectivity index (χ4v) is 2.62. The van der Waals surface area contributed by atoms with Crippen molar-refractivity contribution in [2.24, 2.45) is 0 Å². The number of amides is 1. The Morgan fingerprint density at radius 2 is 1.77 bits per heavy atom. The van der Waals surface area contributed by atoms with Crippen LogP contribution >= 0.6 is 0 Å². The van der Waals surface area contributed by atoms with Crippen LogP contribution in [-0.4, -0.2) is 23.4 Å². The van der Waals surface area contributed by atoms with E-state index in [-0.39, 0.29) is 0 Å². The Labute approximate surface area is 80.3 Å². The van der Waals surface area contributed by atoms with Crippen LogP contribution in [0.15, 0.2) is 0 Å². The highest BCUT2D eigenvalue weighted by Crippen LogP contribution is 2.25. The van der Waals surface area contributed by atoms with Crippen LogP contribution < -0.4 is 0 Å². The lowest BCUT2D eigenvalue weighted by molar-refractivity contribution is -0.132. The minimum Gasteiger partial charge on any atom is -0.340 e. The molecule has 0 bridgehead atoms. The molecule has 2 heterocycles. The molecule has 0 aromatic rings. The van der Waals surface area contributed by atoms with E-state index in [2.05, 4.69) is 4.90 Å². The van der Waals surface area contributed by atoms with Gasteiger partial charge in [-0.15, -0.1) is 0 Å². The summed E-state index contributed by atoms with van der Waals surface area (Å²) in [4.78, 5) is 13.9. The standard InChI is InChI=1S/C11H19NO/c13-11-8-4-2-1-3-6-10-7-5-9-12(10)11/h10H,1-9H2. The van der Waals surface area contributed by atoms with Gasteiger partial charge in [-0.05, 0) is 25.7 Å². The summed E-state index contributed by atoms with van der Waals surface area (Å²) >= 11 is 0. The molecular formula is C11H19NO. The number of carbonyl (C=O) groups is 1. The molecule has 2 rings (SSSR count). The van der Waals surface area contributed by atoms with Crippen LogP contribution in [0, 0.1) is 0 Å². The Bertz CT molecular complexity index is 191. The fraction of sp³-hybridized carbons (Fsp3) is 0.909. The van der Waals surface area contributed by atoms with E-state index < -0.39 is 0 Å². The van der Waals surface area contributed by atoms with E-state index in [0.717, 1.165) is 19.4 Å². The predicted molar refractivity (Wildman–Crippen MR) is 52.4 cm³/mol. The molecule has 0 aromatic carbocycles. The van der Waals surface area contributed by atoms with E-state index in [1.807, 2.05) is 0 Å². The Morgan fingerprint density at radius 3 is 2.69 bits per heavy atom. The van der Waals surface area contributed by atoms with E-state index in [0.29, 0.717) is 11.9 Å². The lowest BCUT2D eigenvalue weighted by Gasteiger charge is -2.23. The van der Waals surface area contributed by atoms with E-state index in [4.69, 9.17) is 0 Å². The summed E-state index contributed by atoms with van der Waals surface area (Å²) in [7, 11) is 0. The first kappa shape index (κ1) is 9.04. The summed E-state index contributed by atoms with van der Waals surface area (Å²) in [5.74, 6) is 0.421. The van der Waals surface area contributed by atoms with Crippen LogP contribution in [0.25, 0.3) is 0 Å². The third kappa shape index (κ3) is 2.04. The van der Waals surface area contributed by atoms with Crippen LogP contribution in [0.3, 0.4) is 0 Å². The molecule has 1 amide bonds. The molecule has 2 saturated heterocycles. The second-order valence-corrected chi connectivity index (χ2v) is 4.34. The molecule has 74 valence electrons. The van der Waals surface area contributed by atoms with Crippen molar-refractivity contribution < 1.29 is 4.79 Å². The van der Waals surface area contributed by atoms with Crippen molar-refractivity contribution in [3.05, 3.63) is 0 Å². The Kier molecular flexibility index (Phi) is 2.87. The summed E-state index contributed by atoms with van der Waals surface area (Å²) in [6.45, 7) is 1.03. The summed E-state index contributed by atoms with van der Waals surface area (Å²) in [6.07, 6.45) is 9.57. The smallest absolute Gasteiger partial charge is 0.222 e. The number of rotatable bonds is 0. The summed E-state index contributed by atoms with van der Waals surface area (Å²) in [5, 5.41) is 0. The van der Waals surface area contributed by atoms with Gasteiger partial charge in [0.05, 0.1) is 0 Å². The molecule has 0 spiro atoms. The second-order valence-electron chi connectivity index (χ2n) is 4.34. The zero-order chi connectivity index (χ0) is 9.10. The van der Waals surface area contributed by atoms with Crippen molar-refractivity contribution in [1.82, 2.24) is 4.90 Å². The molecule has 0 aliphatic carbocycles. The van der Waals surface area contributed by atoms with E-state index in [9.17, 15) is 4.79 Å². The maximum atomic E-state index is 11.7. The van der Waals surface area contributed by atoms with Crippen molar-refractivity contribution in [1.29, 1.82) is 0 Å². The first-order valence-corrected chi connectivity index (χ1v) is 5.67. The lowest BCUT2D eigenvalue weighted by Crippen LogP contribution is -2.34. The molecule has 1 atom stereocenters. The van der Waals surface area contributed by atoms with Crippen molar-refractivity contribution in [3.8, 4) is 0 Å². The number of hydrogen-bond donors (Lipinski definition) is 0. The van der Waals surface area contributed by atoms with Crippen molar-refractivity contribution in [2.75, 3.05) is 6.54 Å². The fourth-order valence-electron chi connectivity index (χ4n) is 2.62. The molecule has 2 nitrogen and oxygen atoms in total. The average Bonchev–Trinajstić information content (AvgIpc) is 2.58. The molecule has 2 heteroatoms. The molecular weight excluding hydrogens is 162 g/mol. The van der Waals surface area contributed by atoms with Gasteiger partial charge >= 0.3 is 0 Å². The predicted octanol–water partition coefficient (Wildman–Crippen LogP) is 2.33. The molecule has 0 radical (unpaired) electrons. The normalized spacial score (nSPS) is 30.6. The Morgan fingerprint density at radius 1 is 1.00 bits per heavy atom. The first-order valence-electron chi connectivity index (χ1n) is 5.67. The van der Waals surface area contributed by atoms with E-state index >= 15 is 0 Å². The monoisotopic (exact) mass is 181 g/mol. The summed E-state index contributed by atoms with van der Waals surface area (Å²) < 4.78 is 0. The quantitative estimate of drug-likeness (QED) is 0.561. The molecule has 2 aliphatic heterocycles. The van der Waals surface area contributed by atoms with Gasteiger partial charge in [0.25, 0.3) is 0 Å². The molecule has 0 saturated carbocycles. The topological polar surface area (TPSA) is 20.3 Å². The Balaban J connectivity index is 2.00. The van der Waals surface area contributed by atoms with Gasteiger partial charge in [0.2, 0.25) is 5.91 Å². The van der Waals surface area contributed by atoms with Gasteiger partial charge in [-0.3, -0.25) is 4.79 Å². The highest BCUT2D eigenvalue weighted by molar-refractivity contribution is 5.76. The number of nitrogens with zero attached hydrogens (tertiary/aromatic N) is 1. The maximum absolute atomic E-state index is 11.7. The lowest BCUT2D eigenvalue weighted by atomic mass is 10.1. The largest absolute Gasteiger partial charge is 0.340 e. The third-order valence-electron chi connectivity index (χ3n) is 3.38. The van der Waals surface area contributed by atoms with Crippen LogP contribution in [0.5, 0.6) is 0 Å². The van der Waals surface area contributed by atoms with Crippen molar-refractivity contribution >= 4 is 5.91 Å². The Hall–Kier alpha value is -0.530. The first-order chi connectivity index (χ1) is 6.38. The van der Waals surface area contributed by atoms with Gasteiger partial charge in [-0.2, -0.15) is 0 Å². The SMILES string of the molecule is O=C1CCCCCCC2CCCN12. The van der Waals surface area contributed by atoms with Gasteiger partial charge in [0.1, 0.15) is 0 Å². The van der Waals surface area contributed by atoms with Gasteiger partial charge in [-0.25, -0.2) is 0 Å². The summed E-state index contributed by atoms with van der Waals surface area (Å²) in [5.41, 5.74) is 0. The highest BCUT2D eigenvalue weighted by Gasteiger charge is 2.28. The zero-order valence-electron chi connectivity index (χ0n) is 8.30. The van der Waals surface area contributed by atoms with Gasteiger partial charge < -0.3 is 4.90 Å². The molecule has 1 unspecified atom stereocenters. The van der Waals surface area contributed by atoms with Gasteiger partial charge in [0, 0.05) is 19.0 Å². The van der Waals surface area contributed by atoms with Crippen LogP contribution in [0.4, 0.5) is 0 Å². The highest BCUT2D eigenvalue weighted by atomic mass is 16.2. The molecule has 13 heavy (non-hydrogen) atoms. The molecule has 2 aliphatic rings. The van der Waals surface area contributed by atoms with Crippen LogP contribution in [-0.2, 0) is 4.79 Å². The summed E-state index contributed by atoms with van der Waals surface area (Å²) in [6, 6.07) is 0.602. The maximum Gasteiger partial charge on any atom is 0.222 e. The second kappa shape index (κ2) is 4.12. The van der Waals surface area contributed by atoms with Crippen LogP contribution in [0.2, 0.25) is 0 Å². The number of carbonyl (C=O) groups excluding carboxylic acids is 1. The molecule has 2 fully saturated rings.